The van der Waals surface area contributed by atoms with Crippen LogP contribution in [0.1, 0.15) is 61.3 Å². The van der Waals surface area contributed by atoms with E-state index < -0.39 is 5.60 Å². The summed E-state index contributed by atoms with van der Waals surface area (Å²) in [6.45, 7) is 19.9. The van der Waals surface area contributed by atoms with Crippen LogP contribution in [0.25, 0.3) is 0 Å². The Bertz CT molecular complexity index is 1030. The van der Waals surface area contributed by atoms with Gasteiger partial charge in [0.05, 0.1) is 6.04 Å². The van der Waals surface area contributed by atoms with E-state index in [4.69, 9.17) is 4.74 Å². The standard InChI is InChI=1S/C17H24N2O.C15H26N2O3/c1-3-13(2)17(20)19-11-14-9-18(10-15(14)12-19)16-7-5-4-6-8-16;1-10(2)13(18)16-8-11-6-7-17(12(11)9-16)14(19)20-15(3,4)5/h4-8,13-15H,3,9-12H2,1-2H3;10-12H,6-9H2,1-5H3. The lowest BCUT2D eigenvalue weighted by molar-refractivity contribution is -0.134. The number of para-hydroxylation sites is 1. The topological polar surface area (TPSA) is 73.4 Å². The summed E-state index contributed by atoms with van der Waals surface area (Å²) in [5.41, 5.74) is 0.850. The van der Waals surface area contributed by atoms with Crippen molar-refractivity contribution >= 4 is 23.6 Å². The maximum atomic E-state index is 12.3. The lowest BCUT2D eigenvalue weighted by atomic mass is 10.0. The van der Waals surface area contributed by atoms with Crippen LogP contribution >= 0.6 is 0 Å². The Balaban J connectivity index is 0.000000185. The number of rotatable bonds is 4. The lowest BCUT2D eigenvalue weighted by Crippen LogP contribution is -2.43. The van der Waals surface area contributed by atoms with Crippen molar-refractivity contribution in [3.8, 4) is 0 Å². The molecular formula is C32H50N4O4. The van der Waals surface area contributed by atoms with Crippen molar-refractivity contribution in [1.29, 1.82) is 0 Å². The largest absolute Gasteiger partial charge is 0.444 e. The number of hydrogen-bond donors (Lipinski definition) is 0. The molecule has 8 nitrogen and oxygen atoms in total. The van der Waals surface area contributed by atoms with E-state index in [0.29, 0.717) is 30.2 Å². The van der Waals surface area contributed by atoms with Gasteiger partial charge in [0.15, 0.2) is 0 Å². The van der Waals surface area contributed by atoms with Gasteiger partial charge in [-0.25, -0.2) is 4.79 Å². The normalized spacial score (nSPS) is 26.4. The van der Waals surface area contributed by atoms with E-state index in [2.05, 4.69) is 47.1 Å². The van der Waals surface area contributed by atoms with E-state index in [1.165, 1.54) is 5.69 Å². The second-order valence-corrected chi connectivity index (χ2v) is 13.5. The van der Waals surface area contributed by atoms with Crippen LogP contribution in [0.2, 0.25) is 0 Å². The highest BCUT2D eigenvalue weighted by Crippen LogP contribution is 2.35. The van der Waals surface area contributed by atoms with Gasteiger partial charge in [-0.1, -0.05) is 45.9 Å². The molecule has 0 radical (unpaired) electrons. The monoisotopic (exact) mass is 554 g/mol. The van der Waals surface area contributed by atoms with Gasteiger partial charge in [0.25, 0.3) is 0 Å². The van der Waals surface area contributed by atoms with E-state index in [0.717, 1.165) is 52.1 Å². The average Bonchev–Trinajstić information content (AvgIpc) is 3.67. The number of carbonyl (C=O) groups is 3. The molecule has 4 heterocycles. The molecule has 5 rings (SSSR count). The molecule has 4 fully saturated rings. The van der Waals surface area contributed by atoms with Gasteiger partial charge in [-0.05, 0) is 45.7 Å². The van der Waals surface area contributed by atoms with Crippen LogP contribution in [0.5, 0.6) is 0 Å². The predicted octanol–water partition coefficient (Wildman–Crippen LogP) is 4.74. The molecule has 0 saturated carbocycles. The Morgan fingerprint density at radius 3 is 1.98 bits per heavy atom. The number of nitrogens with zero attached hydrogens (tertiary/aromatic N) is 4. The highest BCUT2D eigenvalue weighted by atomic mass is 16.6. The molecule has 0 aromatic heterocycles. The van der Waals surface area contributed by atoms with Crippen molar-refractivity contribution < 1.29 is 19.1 Å². The van der Waals surface area contributed by atoms with Gasteiger partial charge in [0.2, 0.25) is 11.8 Å². The van der Waals surface area contributed by atoms with Gasteiger partial charge >= 0.3 is 6.09 Å². The molecule has 40 heavy (non-hydrogen) atoms. The highest BCUT2D eigenvalue weighted by molar-refractivity contribution is 5.79. The summed E-state index contributed by atoms with van der Waals surface area (Å²) in [5, 5.41) is 0. The zero-order chi connectivity index (χ0) is 29.2. The first-order valence-corrected chi connectivity index (χ1v) is 15.2. The van der Waals surface area contributed by atoms with Crippen molar-refractivity contribution in [1.82, 2.24) is 14.7 Å². The first-order valence-electron chi connectivity index (χ1n) is 15.2. The molecule has 5 unspecified atom stereocenters. The molecule has 4 aliphatic rings. The van der Waals surface area contributed by atoms with Crippen LogP contribution in [-0.4, -0.2) is 90.1 Å². The fraction of sp³-hybridized carbons (Fsp3) is 0.719. The smallest absolute Gasteiger partial charge is 0.410 e. The number of fused-ring (bicyclic) bond motifs is 2. The maximum Gasteiger partial charge on any atom is 0.410 e. The van der Waals surface area contributed by atoms with Crippen molar-refractivity contribution in [2.45, 2.75) is 73.0 Å². The molecule has 4 saturated heterocycles. The molecule has 222 valence electrons. The van der Waals surface area contributed by atoms with Gasteiger partial charge in [0.1, 0.15) is 5.60 Å². The summed E-state index contributed by atoms with van der Waals surface area (Å²) in [6.07, 6.45) is 1.66. The Morgan fingerprint density at radius 2 is 1.43 bits per heavy atom. The predicted molar refractivity (Wildman–Crippen MR) is 158 cm³/mol. The minimum atomic E-state index is -0.471. The summed E-state index contributed by atoms with van der Waals surface area (Å²) in [5.74, 6) is 2.45. The lowest BCUT2D eigenvalue weighted by Gasteiger charge is -2.28. The van der Waals surface area contributed by atoms with E-state index in [-0.39, 0.29) is 29.9 Å². The minimum absolute atomic E-state index is 0.0174. The summed E-state index contributed by atoms with van der Waals surface area (Å²) in [4.78, 5) is 44.8. The van der Waals surface area contributed by atoms with E-state index in [9.17, 15) is 14.4 Å². The number of anilines is 1. The summed E-state index contributed by atoms with van der Waals surface area (Å²) in [7, 11) is 0. The van der Waals surface area contributed by atoms with Crippen molar-refractivity contribution in [2.75, 3.05) is 50.7 Å². The molecule has 4 aliphatic heterocycles. The first-order chi connectivity index (χ1) is 18.9. The van der Waals surface area contributed by atoms with Crippen LogP contribution in [0, 0.1) is 29.6 Å². The van der Waals surface area contributed by atoms with Crippen LogP contribution in [-0.2, 0) is 14.3 Å². The van der Waals surface area contributed by atoms with Gasteiger partial charge in [-0.15, -0.1) is 0 Å². The quantitative estimate of drug-likeness (QED) is 0.538. The van der Waals surface area contributed by atoms with Crippen molar-refractivity contribution in [2.24, 2.45) is 29.6 Å². The number of amides is 3. The van der Waals surface area contributed by atoms with Crippen LogP contribution < -0.4 is 4.90 Å². The number of ether oxygens (including phenoxy) is 1. The molecular weight excluding hydrogens is 504 g/mol. The third-order valence-corrected chi connectivity index (χ3v) is 8.93. The van der Waals surface area contributed by atoms with Gasteiger partial charge in [-0.2, -0.15) is 0 Å². The SMILES string of the molecule is CC(C)C(=O)N1CC2CCN(C(=O)OC(C)(C)C)C2C1.CCC(C)C(=O)N1CC2CN(c3ccccc3)CC2C1. The molecule has 0 bridgehead atoms. The zero-order valence-electron chi connectivity index (χ0n) is 25.6. The summed E-state index contributed by atoms with van der Waals surface area (Å²) < 4.78 is 5.46. The first kappa shape index (κ1) is 30.2. The summed E-state index contributed by atoms with van der Waals surface area (Å²) >= 11 is 0. The minimum Gasteiger partial charge on any atom is -0.444 e. The number of hydrogen-bond acceptors (Lipinski definition) is 5. The highest BCUT2D eigenvalue weighted by Gasteiger charge is 2.46. The third-order valence-electron chi connectivity index (χ3n) is 8.93. The Hall–Kier alpha value is -2.77. The van der Waals surface area contributed by atoms with Gasteiger partial charge in [-0.3, -0.25) is 9.59 Å². The molecule has 0 aliphatic carbocycles. The second-order valence-electron chi connectivity index (χ2n) is 13.5. The fourth-order valence-corrected chi connectivity index (χ4v) is 6.56. The van der Waals surface area contributed by atoms with Crippen LogP contribution in [0.15, 0.2) is 30.3 Å². The van der Waals surface area contributed by atoms with Gasteiger partial charge < -0.3 is 24.3 Å². The van der Waals surface area contributed by atoms with E-state index in [1.807, 2.05) is 51.3 Å². The summed E-state index contributed by atoms with van der Waals surface area (Å²) in [6, 6.07) is 10.8. The second kappa shape index (κ2) is 12.4. The molecule has 5 atom stereocenters. The molecule has 0 N–H and O–H groups in total. The number of carbonyl (C=O) groups excluding carboxylic acids is 3. The Kier molecular flexibility index (Phi) is 9.36. The average molecular weight is 555 g/mol. The van der Waals surface area contributed by atoms with E-state index in [1.54, 1.807) is 0 Å². The molecule has 1 aromatic rings. The molecule has 0 spiro atoms. The third kappa shape index (κ3) is 6.92. The molecule has 8 heteroatoms. The van der Waals surface area contributed by atoms with Gasteiger partial charge in [0, 0.05) is 81.1 Å². The zero-order valence-corrected chi connectivity index (χ0v) is 25.6. The molecule has 1 aromatic carbocycles. The van der Waals surface area contributed by atoms with E-state index >= 15 is 0 Å². The number of likely N-dealkylation sites (tertiary alicyclic amines) is 3. The fourth-order valence-electron chi connectivity index (χ4n) is 6.56. The molecule has 3 amide bonds. The maximum absolute atomic E-state index is 12.3. The Labute approximate surface area is 241 Å². The Morgan fingerprint density at radius 1 is 0.850 bits per heavy atom. The van der Waals surface area contributed by atoms with Crippen LogP contribution in [0.3, 0.4) is 0 Å². The number of benzene rings is 1. The van der Waals surface area contributed by atoms with Crippen molar-refractivity contribution in [3.05, 3.63) is 30.3 Å². The van der Waals surface area contributed by atoms with Crippen molar-refractivity contribution in [3.63, 3.8) is 0 Å². The van der Waals surface area contributed by atoms with Crippen LogP contribution in [0.4, 0.5) is 10.5 Å².